The highest BCUT2D eigenvalue weighted by atomic mass is 32.1. The fraction of sp³-hybridized carbons (Fsp3) is 0.727. The van der Waals surface area contributed by atoms with Crippen molar-refractivity contribution in [1.29, 1.82) is 0 Å². The van der Waals surface area contributed by atoms with Gasteiger partial charge in [0.15, 0.2) is 4.77 Å². The van der Waals surface area contributed by atoms with E-state index < -0.39 is 0 Å². The predicted molar refractivity (Wildman–Crippen MR) is 63.0 cm³/mol. The summed E-state index contributed by atoms with van der Waals surface area (Å²) in [7, 11) is 0. The first-order valence-corrected chi connectivity index (χ1v) is 5.47. The van der Waals surface area contributed by atoms with Crippen LogP contribution in [0.5, 0.6) is 0 Å². The zero-order valence-electron chi connectivity index (χ0n) is 9.72. The molecule has 0 fully saturated rings. The van der Waals surface area contributed by atoms with E-state index in [2.05, 4.69) is 43.4 Å². The largest absolute Gasteiger partial charge is 0.335 e. The first-order valence-electron chi connectivity index (χ1n) is 5.07. The molecular formula is C11H20N2S. The lowest BCUT2D eigenvalue weighted by Gasteiger charge is -2.27. The Kier molecular flexibility index (Phi) is 3.20. The summed E-state index contributed by atoms with van der Waals surface area (Å²) in [5.74, 6) is 0.615. The molecule has 2 nitrogen and oxygen atoms in total. The van der Waals surface area contributed by atoms with Gasteiger partial charge in [-0.3, -0.25) is 0 Å². The summed E-state index contributed by atoms with van der Waals surface area (Å²) in [4.78, 5) is 3.14. The van der Waals surface area contributed by atoms with Crippen LogP contribution < -0.4 is 0 Å². The molecule has 3 heteroatoms. The van der Waals surface area contributed by atoms with Gasteiger partial charge in [-0.2, -0.15) is 0 Å². The molecule has 1 aromatic rings. The molecule has 0 radical (unpaired) electrons. The number of imidazole rings is 1. The molecular weight excluding hydrogens is 192 g/mol. The number of H-pyrrole nitrogens is 1. The summed E-state index contributed by atoms with van der Waals surface area (Å²) < 4.78 is 2.96. The quantitative estimate of drug-likeness (QED) is 0.744. The Morgan fingerprint density at radius 2 is 2.07 bits per heavy atom. The minimum atomic E-state index is 0.333. The molecule has 1 rings (SSSR count). The summed E-state index contributed by atoms with van der Waals surface area (Å²) in [6, 6.07) is 0. The molecule has 0 aliphatic heterocycles. The van der Waals surface area contributed by atoms with Crippen LogP contribution in [0.3, 0.4) is 0 Å². The highest BCUT2D eigenvalue weighted by molar-refractivity contribution is 7.71. The Morgan fingerprint density at radius 3 is 2.43 bits per heavy atom. The Bertz CT molecular complexity index is 354. The van der Waals surface area contributed by atoms with Gasteiger partial charge in [-0.1, -0.05) is 27.7 Å². The fourth-order valence-electron chi connectivity index (χ4n) is 1.27. The average molecular weight is 212 g/mol. The molecule has 1 N–H and O–H groups in total. The summed E-state index contributed by atoms with van der Waals surface area (Å²) >= 11 is 5.22. The molecule has 1 atom stereocenters. The van der Waals surface area contributed by atoms with Gasteiger partial charge in [-0.05, 0) is 30.5 Å². The van der Waals surface area contributed by atoms with E-state index in [0.717, 1.165) is 17.0 Å². The second kappa shape index (κ2) is 3.89. The number of aromatic nitrogens is 2. The second-order valence-electron chi connectivity index (χ2n) is 5.16. The van der Waals surface area contributed by atoms with Gasteiger partial charge in [-0.25, -0.2) is 0 Å². The van der Waals surface area contributed by atoms with Gasteiger partial charge in [0.25, 0.3) is 0 Å². The third-order valence-electron chi connectivity index (χ3n) is 2.86. The Balaban J connectivity index is 2.79. The van der Waals surface area contributed by atoms with E-state index in [4.69, 9.17) is 12.2 Å². The fourth-order valence-corrected chi connectivity index (χ4v) is 1.56. The smallest absolute Gasteiger partial charge is 0.177 e. The van der Waals surface area contributed by atoms with E-state index >= 15 is 0 Å². The maximum atomic E-state index is 5.22. The molecule has 0 aliphatic carbocycles. The topological polar surface area (TPSA) is 20.7 Å². The van der Waals surface area contributed by atoms with Crippen molar-refractivity contribution in [1.82, 2.24) is 9.55 Å². The van der Waals surface area contributed by atoms with Gasteiger partial charge in [0, 0.05) is 18.4 Å². The molecule has 0 aliphatic rings. The van der Waals surface area contributed by atoms with E-state index in [9.17, 15) is 0 Å². The minimum absolute atomic E-state index is 0.333. The predicted octanol–water partition coefficient (Wildman–Crippen LogP) is 3.54. The monoisotopic (exact) mass is 212 g/mol. The van der Waals surface area contributed by atoms with Crippen LogP contribution in [-0.2, 0) is 6.54 Å². The van der Waals surface area contributed by atoms with Gasteiger partial charge >= 0.3 is 0 Å². The van der Waals surface area contributed by atoms with Crippen LogP contribution in [0.4, 0.5) is 0 Å². The number of hydrogen-bond acceptors (Lipinski definition) is 1. The Morgan fingerprint density at radius 1 is 1.50 bits per heavy atom. The molecule has 1 unspecified atom stereocenters. The standard InChI is InChI=1S/C11H20N2S/c1-8(11(3,4)5)6-13-7-9(2)12-10(13)14/h7-8H,6H2,1-5H3,(H,12,14). The van der Waals surface area contributed by atoms with E-state index in [0.29, 0.717) is 11.3 Å². The Labute approximate surface area is 91.3 Å². The molecule has 1 aromatic heterocycles. The van der Waals surface area contributed by atoms with Gasteiger partial charge in [0.1, 0.15) is 0 Å². The number of rotatable bonds is 2. The third kappa shape index (κ3) is 2.71. The molecule has 0 aromatic carbocycles. The summed E-state index contributed by atoms with van der Waals surface area (Å²) in [6.45, 7) is 12.1. The molecule has 1 heterocycles. The first kappa shape index (κ1) is 11.5. The lowest BCUT2D eigenvalue weighted by molar-refractivity contribution is 0.232. The second-order valence-corrected chi connectivity index (χ2v) is 5.55. The summed E-state index contributed by atoms with van der Waals surface area (Å²) in [5, 5.41) is 0. The first-order chi connectivity index (χ1) is 6.30. The molecule has 14 heavy (non-hydrogen) atoms. The third-order valence-corrected chi connectivity index (χ3v) is 3.20. The van der Waals surface area contributed by atoms with Crippen molar-refractivity contribution in [3.8, 4) is 0 Å². The van der Waals surface area contributed by atoms with Gasteiger partial charge in [0.05, 0.1) is 0 Å². The average Bonchev–Trinajstić information content (AvgIpc) is 2.28. The van der Waals surface area contributed by atoms with Crippen LogP contribution in [0.15, 0.2) is 6.20 Å². The van der Waals surface area contributed by atoms with Gasteiger partial charge in [-0.15, -0.1) is 0 Å². The van der Waals surface area contributed by atoms with E-state index in [1.165, 1.54) is 0 Å². The van der Waals surface area contributed by atoms with Crippen LogP contribution in [0.1, 0.15) is 33.4 Å². The highest BCUT2D eigenvalue weighted by Crippen LogP contribution is 2.26. The van der Waals surface area contributed by atoms with Crippen molar-refractivity contribution in [2.24, 2.45) is 11.3 Å². The zero-order chi connectivity index (χ0) is 10.9. The van der Waals surface area contributed by atoms with Crippen LogP contribution in [0.2, 0.25) is 0 Å². The van der Waals surface area contributed by atoms with E-state index in [1.54, 1.807) is 0 Å². The number of nitrogens with one attached hydrogen (secondary N) is 1. The lowest BCUT2D eigenvalue weighted by Crippen LogP contribution is -2.22. The number of hydrogen-bond donors (Lipinski definition) is 1. The molecule has 0 saturated carbocycles. The lowest BCUT2D eigenvalue weighted by atomic mass is 9.82. The number of aryl methyl sites for hydroxylation is 1. The van der Waals surface area contributed by atoms with Crippen molar-refractivity contribution >= 4 is 12.2 Å². The molecule has 0 amide bonds. The van der Waals surface area contributed by atoms with E-state index in [1.807, 2.05) is 6.92 Å². The maximum absolute atomic E-state index is 5.22. The zero-order valence-corrected chi connectivity index (χ0v) is 10.5. The highest BCUT2D eigenvalue weighted by Gasteiger charge is 2.20. The Hall–Kier alpha value is -0.570. The SMILES string of the molecule is Cc1cn(CC(C)C(C)(C)C)c(=S)[nH]1. The van der Waals surface area contributed by atoms with Gasteiger partial charge in [0.2, 0.25) is 0 Å². The van der Waals surface area contributed by atoms with Crippen molar-refractivity contribution in [3.05, 3.63) is 16.7 Å². The molecule has 80 valence electrons. The summed E-state index contributed by atoms with van der Waals surface area (Å²) in [6.07, 6.45) is 2.09. The van der Waals surface area contributed by atoms with Crippen molar-refractivity contribution in [2.75, 3.05) is 0 Å². The summed E-state index contributed by atoms with van der Waals surface area (Å²) in [5.41, 5.74) is 1.47. The van der Waals surface area contributed by atoms with Crippen molar-refractivity contribution in [2.45, 2.75) is 41.2 Å². The normalized spacial score (nSPS) is 14.4. The maximum Gasteiger partial charge on any atom is 0.177 e. The van der Waals surface area contributed by atoms with Gasteiger partial charge < -0.3 is 9.55 Å². The van der Waals surface area contributed by atoms with Crippen LogP contribution in [0, 0.1) is 23.0 Å². The minimum Gasteiger partial charge on any atom is -0.335 e. The number of aromatic amines is 1. The van der Waals surface area contributed by atoms with Crippen molar-refractivity contribution in [3.63, 3.8) is 0 Å². The van der Waals surface area contributed by atoms with Crippen LogP contribution >= 0.6 is 12.2 Å². The van der Waals surface area contributed by atoms with Crippen LogP contribution in [0.25, 0.3) is 0 Å². The van der Waals surface area contributed by atoms with E-state index in [-0.39, 0.29) is 0 Å². The molecule has 0 spiro atoms. The number of nitrogens with zero attached hydrogens (tertiary/aromatic N) is 1. The van der Waals surface area contributed by atoms with Crippen molar-refractivity contribution < 1.29 is 0 Å². The van der Waals surface area contributed by atoms with Crippen LogP contribution in [-0.4, -0.2) is 9.55 Å². The molecule has 0 bridgehead atoms. The molecule has 0 saturated heterocycles.